The normalized spacial score (nSPS) is 10.0. The largest absolute Gasteiger partial charge is 0.508 e. The number of phenols is 2. The first-order chi connectivity index (χ1) is 9.45. The van der Waals surface area contributed by atoms with Crippen molar-refractivity contribution in [3.05, 3.63) is 53.6 Å². The summed E-state index contributed by atoms with van der Waals surface area (Å²) < 4.78 is 5.07. The van der Waals surface area contributed by atoms with Crippen molar-refractivity contribution in [2.24, 2.45) is 5.73 Å². The second-order valence-electron chi connectivity index (χ2n) is 4.07. The molecular formula is C14H12N2O4. The lowest BCUT2D eigenvalue weighted by molar-refractivity contribution is 0.0734. The lowest BCUT2D eigenvalue weighted by Gasteiger charge is -2.06. The number of nitrogens with one attached hydrogen (secondary N) is 1. The number of aromatic hydroxyl groups is 2. The number of amidine groups is 1. The van der Waals surface area contributed by atoms with Crippen LogP contribution in [-0.4, -0.2) is 22.0 Å². The smallest absolute Gasteiger partial charge is 0.343 e. The molecule has 0 bridgehead atoms. The molecule has 0 aliphatic heterocycles. The Morgan fingerprint density at radius 3 is 2.05 bits per heavy atom. The maximum Gasteiger partial charge on any atom is 0.343 e. The summed E-state index contributed by atoms with van der Waals surface area (Å²) in [5.41, 5.74) is 5.85. The molecule has 0 fully saturated rings. The monoisotopic (exact) mass is 272 g/mol. The fraction of sp³-hybridized carbons (Fsp3) is 0. The summed E-state index contributed by atoms with van der Waals surface area (Å²) in [5, 5.41) is 25.8. The second-order valence-corrected chi connectivity index (χ2v) is 4.07. The van der Waals surface area contributed by atoms with Gasteiger partial charge < -0.3 is 20.7 Å². The van der Waals surface area contributed by atoms with E-state index in [-0.39, 0.29) is 28.6 Å². The Hall–Kier alpha value is -3.02. The number of nitrogens with two attached hydrogens (primary N) is 1. The summed E-state index contributed by atoms with van der Waals surface area (Å²) in [6.45, 7) is 0. The second kappa shape index (κ2) is 5.31. The van der Waals surface area contributed by atoms with Gasteiger partial charge in [-0.2, -0.15) is 0 Å². The maximum absolute atomic E-state index is 11.8. The summed E-state index contributed by atoms with van der Waals surface area (Å²) in [5.74, 6) is -0.997. The molecule has 0 amide bonds. The number of hydrogen-bond acceptors (Lipinski definition) is 5. The molecule has 102 valence electrons. The molecule has 0 unspecified atom stereocenters. The van der Waals surface area contributed by atoms with Gasteiger partial charge in [-0.05, 0) is 36.4 Å². The highest BCUT2D eigenvalue weighted by atomic mass is 16.5. The summed E-state index contributed by atoms with van der Waals surface area (Å²) in [6, 6.07) is 9.57. The van der Waals surface area contributed by atoms with Crippen LogP contribution >= 0.6 is 0 Å². The molecule has 6 heteroatoms. The average molecular weight is 272 g/mol. The molecule has 0 atom stereocenters. The number of carbonyl (C=O) groups excluding carboxylic acids is 1. The third kappa shape index (κ3) is 3.05. The first-order valence-electron chi connectivity index (χ1n) is 5.65. The van der Waals surface area contributed by atoms with Crippen LogP contribution in [0.15, 0.2) is 42.5 Å². The summed E-state index contributed by atoms with van der Waals surface area (Å²) in [4.78, 5) is 11.8. The molecule has 0 aromatic heterocycles. The number of hydrogen-bond donors (Lipinski definition) is 4. The summed E-state index contributed by atoms with van der Waals surface area (Å²) >= 11 is 0. The minimum atomic E-state index is -0.716. The van der Waals surface area contributed by atoms with Crippen molar-refractivity contribution in [3.8, 4) is 17.2 Å². The molecule has 0 saturated carbocycles. The number of benzene rings is 2. The fourth-order valence-electron chi connectivity index (χ4n) is 1.58. The zero-order chi connectivity index (χ0) is 14.7. The van der Waals surface area contributed by atoms with Gasteiger partial charge in [0.2, 0.25) is 0 Å². The predicted octanol–water partition coefficient (Wildman–Crippen LogP) is 1.60. The minimum Gasteiger partial charge on any atom is -0.508 e. The number of carbonyl (C=O) groups is 1. The number of nitrogen functional groups attached to an aromatic ring is 1. The predicted molar refractivity (Wildman–Crippen MR) is 72.2 cm³/mol. The Bertz CT molecular complexity index is 645. The molecule has 20 heavy (non-hydrogen) atoms. The van der Waals surface area contributed by atoms with Gasteiger partial charge in [-0.25, -0.2) is 4.79 Å². The van der Waals surface area contributed by atoms with E-state index < -0.39 is 5.97 Å². The quantitative estimate of drug-likeness (QED) is 0.293. The van der Waals surface area contributed by atoms with Gasteiger partial charge in [-0.1, -0.05) is 0 Å². The van der Waals surface area contributed by atoms with Crippen LogP contribution in [0.1, 0.15) is 15.9 Å². The first-order valence-corrected chi connectivity index (χ1v) is 5.65. The number of rotatable bonds is 3. The number of ether oxygens (including phenoxy) is 1. The summed E-state index contributed by atoms with van der Waals surface area (Å²) in [6.07, 6.45) is 0. The molecular weight excluding hydrogens is 260 g/mol. The van der Waals surface area contributed by atoms with Crippen molar-refractivity contribution >= 4 is 11.8 Å². The van der Waals surface area contributed by atoms with Crippen LogP contribution in [0.5, 0.6) is 17.2 Å². The highest BCUT2D eigenvalue weighted by molar-refractivity contribution is 5.95. The van der Waals surface area contributed by atoms with Crippen LogP contribution in [0.4, 0.5) is 0 Å². The molecule has 2 aromatic carbocycles. The van der Waals surface area contributed by atoms with E-state index in [1.54, 1.807) is 12.1 Å². The van der Waals surface area contributed by atoms with Gasteiger partial charge in [-0.3, -0.25) is 5.41 Å². The van der Waals surface area contributed by atoms with Crippen LogP contribution in [0.2, 0.25) is 0 Å². The Kier molecular flexibility index (Phi) is 3.56. The van der Waals surface area contributed by atoms with Gasteiger partial charge in [0, 0.05) is 11.6 Å². The van der Waals surface area contributed by atoms with Crippen molar-refractivity contribution < 1.29 is 19.7 Å². The van der Waals surface area contributed by atoms with E-state index in [0.717, 1.165) is 6.07 Å². The Labute approximate surface area is 114 Å². The Morgan fingerprint density at radius 2 is 1.55 bits per heavy atom. The molecule has 0 spiro atoms. The fourth-order valence-corrected chi connectivity index (χ4v) is 1.58. The first kappa shape index (κ1) is 13.4. The minimum absolute atomic E-state index is 0.0261. The van der Waals surface area contributed by atoms with Gasteiger partial charge in [0.1, 0.15) is 23.1 Å². The van der Waals surface area contributed by atoms with Crippen LogP contribution in [-0.2, 0) is 0 Å². The van der Waals surface area contributed by atoms with Crippen LogP contribution in [0.25, 0.3) is 0 Å². The Balaban J connectivity index is 2.16. The molecule has 2 aromatic rings. The van der Waals surface area contributed by atoms with E-state index in [2.05, 4.69) is 0 Å². The molecule has 0 heterocycles. The maximum atomic E-state index is 11.8. The molecule has 5 N–H and O–H groups in total. The number of phenolic OH excluding ortho intramolecular Hbond substituents is 2. The molecule has 6 nitrogen and oxygen atoms in total. The van der Waals surface area contributed by atoms with Gasteiger partial charge in [-0.15, -0.1) is 0 Å². The molecule has 2 rings (SSSR count). The van der Waals surface area contributed by atoms with Crippen molar-refractivity contribution in [2.75, 3.05) is 0 Å². The summed E-state index contributed by atoms with van der Waals surface area (Å²) in [7, 11) is 0. The van der Waals surface area contributed by atoms with Gasteiger partial charge >= 0.3 is 5.97 Å². The molecule has 0 aliphatic rings. The highest BCUT2D eigenvalue weighted by Gasteiger charge is 2.11. The topological polar surface area (TPSA) is 117 Å². The van der Waals surface area contributed by atoms with Crippen molar-refractivity contribution in [3.63, 3.8) is 0 Å². The van der Waals surface area contributed by atoms with E-state index in [1.165, 1.54) is 24.3 Å². The molecule has 0 radical (unpaired) electrons. The van der Waals surface area contributed by atoms with Crippen molar-refractivity contribution in [2.45, 2.75) is 0 Å². The van der Waals surface area contributed by atoms with Crippen LogP contribution < -0.4 is 10.5 Å². The van der Waals surface area contributed by atoms with Crippen LogP contribution in [0, 0.1) is 5.41 Å². The van der Waals surface area contributed by atoms with Crippen LogP contribution in [0.3, 0.4) is 0 Å². The van der Waals surface area contributed by atoms with Gasteiger partial charge in [0.25, 0.3) is 0 Å². The third-order valence-corrected chi connectivity index (χ3v) is 2.51. The SMILES string of the molecule is N=C(N)c1ccc(OC(=O)c2cc(O)cc(O)c2)cc1. The zero-order valence-corrected chi connectivity index (χ0v) is 10.3. The van der Waals surface area contributed by atoms with E-state index in [0.29, 0.717) is 5.56 Å². The zero-order valence-electron chi connectivity index (χ0n) is 10.3. The van der Waals surface area contributed by atoms with E-state index in [4.69, 9.17) is 15.9 Å². The lowest BCUT2D eigenvalue weighted by atomic mass is 10.2. The third-order valence-electron chi connectivity index (χ3n) is 2.51. The Morgan fingerprint density at radius 1 is 1.00 bits per heavy atom. The van der Waals surface area contributed by atoms with Crippen molar-refractivity contribution in [1.82, 2.24) is 0 Å². The van der Waals surface area contributed by atoms with Gasteiger partial charge in [0.15, 0.2) is 0 Å². The molecule has 0 aliphatic carbocycles. The van der Waals surface area contributed by atoms with E-state index >= 15 is 0 Å². The van der Waals surface area contributed by atoms with Crippen molar-refractivity contribution in [1.29, 1.82) is 5.41 Å². The van der Waals surface area contributed by atoms with E-state index in [1.807, 2.05) is 0 Å². The number of esters is 1. The average Bonchev–Trinajstić information content (AvgIpc) is 2.38. The van der Waals surface area contributed by atoms with Gasteiger partial charge in [0.05, 0.1) is 5.56 Å². The standard InChI is InChI=1S/C14H12N2O4/c15-13(16)8-1-3-12(4-2-8)20-14(19)9-5-10(17)7-11(18)6-9/h1-7,17-18H,(H3,15,16). The van der Waals surface area contributed by atoms with E-state index in [9.17, 15) is 15.0 Å². The lowest BCUT2D eigenvalue weighted by Crippen LogP contribution is -2.11. The molecule has 0 saturated heterocycles. The highest BCUT2D eigenvalue weighted by Crippen LogP contribution is 2.22.